The van der Waals surface area contributed by atoms with Crippen LogP contribution in [0.4, 0.5) is 0 Å². The Balaban J connectivity index is 2.63. The predicted molar refractivity (Wildman–Crippen MR) is 70.7 cm³/mol. The van der Waals surface area contributed by atoms with E-state index < -0.39 is 0 Å². The third kappa shape index (κ3) is 4.34. The minimum absolute atomic E-state index is 0.142. The number of pyridine rings is 1. The van der Waals surface area contributed by atoms with Crippen molar-refractivity contribution >= 4 is 21.8 Å². The number of alkyl halides is 1. The zero-order valence-corrected chi connectivity index (χ0v) is 11.7. The predicted octanol–water partition coefficient (Wildman–Crippen LogP) is 2.38. The molecule has 0 aliphatic heterocycles. The van der Waals surface area contributed by atoms with Crippen LogP contribution >= 0.6 is 15.9 Å². The van der Waals surface area contributed by atoms with Gasteiger partial charge in [-0.25, -0.2) is 4.98 Å². The van der Waals surface area contributed by atoms with Crippen LogP contribution in [0.2, 0.25) is 0 Å². The fraction of sp³-hybridized carbons (Fsp3) is 0.500. The smallest absolute Gasteiger partial charge is 0.256 e. The van der Waals surface area contributed by atoms with Crippen LogP contribution in [0, 0.1) is 0 Å². The highest BCUT2D eigenvalue weighted by atomic mass is 79.9. The lowest BCUT2D eigenvalue weighted by Crippen LogP contribution is -2.32. The Bertz CT molecular complexity index is 371. The summed E-state index contributed by atoms with van der Waals surface area (Å²) in [6.45, 7) is 1.99. The molecule has 1 unspecified atom stereocenters. The van der Waals surface area contributed by atoms with E-state index in [9.17, 15) is 4.79 Å². The molecule has 0 aliphatic rings. The third-order valence-electron chi connectivity index (χ3n) is 2.36. The van der Waals surface area contributed by atoms with Crippen molar-refractivity contribution in [3.63, 3.8) is 0 Å². The second-order valence-corrected chi connectivity index (χ2v) is 4.56. The van der Waals surface area contributed by atoms with E-state index in [-0.39, 0.29) is 11.9 Å². The molecule has 1 aromatic rings. The van der Waals surface area contributed by atoms with Crippen LogP contribution in [-0.4, -0.2) is 29.4 Å². The zero-order chi connectivity index (χ0) is 12.7. The summed E-state index contributed by atoms with van der Waals surface area (Å²) in [5.74, 6) is 0.217. The van der Waals surface area contributed by atoms with Crippen LogP contribution in [0.5, 0.6) is 5.88 Å². The molecule has 4 nitrogen and oxygen atoms in total. The van der Waals surface area contributed by atoms with Crippen molar-refractivity contribution in [1.82, 2.24) is 10.3 Å². The average molecular weight is 301 g/mol. The van der Waals surface area contributed by atoms with Gasteiger partial charge in [-0.1, -0.05) is 15.9 Å². The second kappa shape index (κ2) is 7.27. The molecule has 0 bridgehead atoms. The number of rotatable bonds is 6. The molecule has 0 saturated carbocycles. The van der Waals surface area contributed by atoms with Gasteiger partial charge in [-0.2, -0.15) is 0 Å². The summed E-state index contributed by atoms with van der Waals surface area (Å²) < 4.78 is 5.05. The van der Waals surface area contributed by atoms with Gasteiger partial charge in [0.25, 0.3) is 5.91 Å². The molecule has 5 heteroatoms. The molecule has 0 radical (unpaired) electrons. The van der Waals surface area contributed by atoms with E-state index in [0.29, 0.717) is 11.4 Å². The number of amides is 1. The fourth-order valence-electron chi connectivity index (χ4n) is 1.48. The number of hydrogen-bond donors (Lipinski definition) is 1. The molecular formula is C12H17BrN2O2. The van der Waals surface area contributed by atoms with Crippen LogP contribution in [0.15, 0.2) is 18.3 Å². The first-order chi connectivity index (χ1) is 8.19. The normalized spacial score (nSPS) is 11.9. The molecule has 1 rings (SSSR count). The molecule has 1 aromatic heterocycles. The van der Waals surface area contributed by atoms with E-state index in [1.165, 1.54) is 7.11 Å². The van der Waals surface area contributed by atoms with Gasteiger partial charge in [0.05, 0.1) is 7.11 Å². The molecule has 0 saturated heterocycles. The highest BCUT2D eigenvalue weighted by molar-refractivity contribution is 9.09. The van der Waals surface area contributed by atoms with Crippen molar-refractivity contribution in [2.24, 2.45) is 0 Å². The molecule has 0 aromatic carbocycles. The number of ether oxygens (including phenoxy) is 1. The van der Waals surface area contributed by atoms with Crippen LogP contribution in [0.25, 0.3) is 0 Å². The number of carbonyl (C=O) groups is 1. The highest BCUT2D eigenvalue weighted by Crippen LogP contribution is 2.13. The standard InChI is InChI=1S/C12H17BrN2O2/c1-9(5-3-7-13)15-11(16)10-6-4-8-14-12(10)17-2/h4,6,8-9H,3,5,7H2,1-2H3,(H,15,16). The second-order valence-electron chi connectivity index (χ2n) is 3.77. The number of nitrogens with zero attached hydrogens (tertiary/aromatic N) is 1. The van der Waals surface area contributed by atoms with Gasteiger partial charge in [0, 0.05) is 17.6 Å². The van der Waals surface area contributed by atoms with Crippen LogP contribution in [0.3, 0.4) is 0 Å². The lowest BCUT2D eigenvalue weighted by Gasteiger charge is -2.14. The lowest BCUT2D eigenvalue weighted by molar-refractivity contribution is 0.0934. The van der Waals surface area contributed by atoms with E-state index >= 15 is 0 Å². The first-order valence-electron chi connectivity index (χ1n) is 5.55. The van der Waals surface area contributed by atoms with Gasteiger partial charge in [-0.05, 0) is 31.9 Å². The summed E-state index contributed by atoms with van der Waals surface area (Å²) in [5, 5.41) is 3.87. The van der Waals surface area contributed by atoms with Gasteiger partial charge < -0.3 is 10.1 Å². The Kier molecular flexibility index (Phi) is 5.97. The molecule has 1 heterocycles. The minimum Gasteiger partial charge on any atom is -0.480 e. The van der Waals surface area contributed by atoms with Gasteiger partial charge in [0.1, 0.15) is 5.56 Å². The largest absolute Gasteiger partial charge is 0.480 e. The third-order valence-corrected chi connectivity index (χ3v) is 2.92. The first-order valence-corrected chi connectivity index (χ1v) is 6.67. The number of carbonyl (C=O) groups excluding carboxylic acids is 1. The summed E-state index contributed by atoms with van der Waals surface area (Å²) in [5.41, 5.74) is 0.473. The molecule has 0 aliphatic carbocycles. The van der Waals surface area contributed by atoms with E-state index in [4.69, 9.17) is 4.74 Å². The maximum atomic E-state index is 12.0. The van der Waals surface area contributed by atoms with Crippen molar-refractivity contribution in [2.75, 3.05) is 12.4 Å². The summed E-state index contributed by atoms with van der Waals surface area (Å²) in [7, 11) is 1.51. The molecule has 1 N–H and O–H groups in total. The SMILES string of the molecule is COc1ncccc1C(=O)NC(C)CCCBr. The monoisotopic (exact) mass is 300 g/mol. The summed E-state index contributed by atoms with van der Waals surface area (Å²) in [6.07, 6.45) is 3.58. The van der Waals surface area contributed by atoms with Crippen molar-refractivity contribution in [2.45, 2.75) is 25.8 Å². The molecular weight excluding hydrogens is 284 g/mol. The maximum Gasteiger partial charge on any atom is 0.256 e. The first kappa shape index (κ1) is 14.0. The van der Waals surface area contributed by atoms with Gasteiger partial charge in [-0.15, -0.1) is 0 Å². The van der Waals surface area contributed by atoms with Crippen molar-refractivity contribution < 1.29 is 9.53 Å². The molecule has 94 valence electrons. The Morgan fingerprint density at radius 1 is 1.65 bits per heavy atom. The molecule has 17 heavy (non-hydrogen) atoms. The molecule has 1 atom stereocenters. The summed E-state index contributed by atoms with van der Waals surface area (Å²) in [4.78, 5) is 16.0. The van der Waals surface area contributed by atoms with Crippen molar-refractivity contribution in [3.8, 4) is 5.88 Å². The fourth-order valence-corrected chi connectivity index (χ4v) is 1.81. The number of nitrogens with one attached hydrogen (secondary N) is 1. The van der Waals surface area contributed by atoms with Gasteiger partial charge in [0.2, 0.25) is 5.88 Å². The quantitative estimate of drug-likeness (QED) is 0.821. The molecule has 0 spiro atoms. The molecule has 0 fully saturated rings. The Morgan fingerprint density at radius 2 is 2.41 bits per heavy atom. The van der Waals surface area contributed by atoms with E-state index in [1.54, 1.807) is 18.3 Å². The van der Waals surface area contributed by atoms with Gasteiger partial charge >= 0.3 is 0 Å². The number of methoxy groups -OCH3 is 1. The average Bonchev–Trinajstić information content (AvgIpc) is 2.36. The summed E-state index contributed by atoms with van der Waals surface area (Å²) >= 11 is 3.37. The van der Waals surface area contributed by atoms with E-state index in [2.05, 4.69) is 26.2 Å². The minimum atomic E-state index is -0.142. The Morgan fingerprint density at radius 3 is 3.06 bits per heavy atom. The van der Waals surface area contributed by atoms with Gasteiger partial charge in [-0.3, -0.25) is 4.79 Å². The van der Waals surface area contributed by atoms with E-state index in [1.807, 2.05) is 6.92 Å². The molecule has 1 amide bonds. The Labute approximate surface area is 110 Å². The van der Waals surface area contributed by atoms with Crippen LogP contribution in [0.1, 0.15) is 30.1 Å². The number of hydrogen-bond acceptors (Lipinski definition) is 3. The maximum absolute atomic E-state index is 12.0. The summed E-state index contributed by atoms with van der Waals surface area (Å²) in [6, 6.07) is 3.57. The highest BCUT2D eigenvalue weighted by Gasteiger charge is 2.14. The Hall–Kier alpha value is -1.10. The lowest BCUT2D eigenvalue weighted by atomic mass is 10.1. The van der Waals surface area contributed by atoms with Gasteiger partial charge in [0.15, 0.2) is 0 Å². The van der Waals surface area contributed by atoms with Crippen LogP contribution in [-0.2, 0) is 0 Å². The van der Waals surface area contributed by atoms with Crippen LogP contribution < -0.4 is 10.1 Å². The van der Waals surface area contributed by atoms with Crippen molar-refractivity contribution in [3.05, 3.63) is 23.9 Å². The number of halogens is 1. The van der Waals surface area contributed by atoms with E-state index in [0.717, 1.165) is 18.2 Å². The number of aromatic nitrogens is 1. The topological polar surface area (TPSA) is 51.2 Å². The van der Waals surface area contributed by atoms with Crippen molar-refractivity contribution in [1.29, 1.82) is 0 Å². The zero-order valence-electron chi connectivity index (χ0n) is 10.1.